The molecule has 0 unspecified atom stereocenters. The van der Waals surface area contributed by atoms with Gasteiger partial charge in [-0.05, 0) is 24.3 Å². The van der Waals surface area contributed by atoms with Crippen molar-refractivity contribution in [3.8, 4) is 0 Å². The van der Waals surface area contributed by atoms with Crippen LogP contribution >= 0.6 is 0 Å². The standard InChI is InChI=1S/C19H28N2O4/c22-19(24-15-16-7-3-1-4-8-16)18(17-9-5-2-6-10-17)20-21-11-12-23-13-14-25-21/h1,3-4,7-8,17-18,20H,2,5-6,9-15H2/t18-/m1/s1. The van der Waals surface area contributed by atoms with Crippen molar-refractivity contribution in [1.82, 2.24) is 10.6 Å². The van der Waals surface area contributed by atoms with Crippen LogP contribution in [0.25, 0.3) is 0 Å². The predicted octanol–water partition coefficient (Wildman–Crippen LogP) is 2.45. The number of nitrogens with zero attached hydrogens (tertiary/aromatic N) is 1. The first-order chi connectivity index (χ1) is 12.3. The van der Waals surface area contributed by atoms with E-state index in [0.717, 1.165) is 18.4 Å². The Hall–Kier alpha value is -1.47. The van der Waals surface area contributed by atoms with E-state index in [2.05, 4.69) is 5.43 Å². The number of esters is 1. The van der Waals surface area contributed by atoms with Gasteiger partial charge in [0.15, 0.2) is 0 Å². The maximum absolute atomic E-state index is 12.8. The molecule has 1 saturated heterocycles. The van der Waals surface area contributed by atoms with Crippen LogP contribution in [0.15, 0.2) is 30.3 Å². The molecule has 0 spiro atoms. The Balaban J connectivity index is 1.60. The molecule has 0 amide bonds. The van der Waals surface area contributed by atoms with Gasteiger partial charge in [0.1, 0.15) is 12.6 Å². The van der Waals surface area contributed by atoms with Crippen LogP contribution in [-0.4, -0.2) is 43.5 Å². The van der Waals surface area contributed by atoms with Crippen LogP contribution in [0, 0.1) is 5.92 Å². The van der Waals surface area contributed by atoms with Crippen LogP contribution in [0.4, 0.5) is 0 Å². The number of hydrogen-bond acceptors (Lipinski definition) is 6. The van der Waals surface area contributed by atoms with Crippen molar-refractivity contribution < 1.29 is 19.1 Å². The average molecular weight is 348 g/mol. The van der Waals surface area contributed by atoms with Crippen LogP contribution in [-0.2, 0) is 25.7 Å². The lowest BCUT2D eigenvalue weighted by Crippen LogP contribution is -2.53. The molecule has 1 aliphatic carbocycles. The van der Waals surface area contributed by atoms with Crippen LogP contribution in [0.1, 0.15) is 37.7 Å². The summed E-state index contributed by atoms with van der Waals surface area (Å²) in [4.78, 5) is 18.4. The third kappa shape index (κ3) is 5.78. The van der Waals surface area contributed by atoms with Gasteiger partial charge >= 0.3 is 5.97 Å². The van der Waals surface area contributed by atoms with E-state index in [9.17, 15) is 4.79 Å². The maximum Gasteiger partial charge on any atom is 0.325 e. The third-order valence-electron chi connectivity index (χ3n) is 4.80. The average Bonchev–Trinajstić information content (AvgIpc) is 2.94. The zero-order chi connectivity index (χ0) is 17.3. The van der Waals surface area contributed by atoms with Crippen molar-refractivity contribution in [3.63, 3.8) is 0 Å². The van der Waals surface area contributed by atoms with E-state index in [1.807, 2.05) is 30.3 Å². The molecule has 0 radical (unpaired) electrons. The monoisotopic (exact) mass is 348 g/mol. The number of carbonyl (C=O) groups excluding carboxylic acids is 1. The van der Waals surface area contributed by atoms with Crippen molar-refractivity contribution in [1.29, 1.82) is 0 Å². The fourth-order valence-corrected chi connectivity index (χ4v) is 3.41. The van der Waals surface area contributed by atoms with E-state index in [-0.39, 0.29) is 17.9 Å². The summed E-state index contributed by atoms with van der Waals surface area (Å²) in [7, 11) is 0. The van der Waals surface area contributed by atoms with E-state index >= 15 is 0 Å². The molecule has 2 fully saturated rings. The van der Waals surface area contributed by atoms with Gasteiger partial charge in [0, 0.05) is 0 Å². The number of hydroxylamine groups is 1. The largest absolute Gasteiger partial charge is 0.460 e. The lowest BCUT2D eigenvalue weighted by atomic mass is 9.84. The molecular weight excluding hydrogens is 320 g/mol. The first-order valence-corrected chi connectivity index (χ1v) is 9.28. The normalized spacial score (nSPS) is 21.4. The summed E-state index contributed by atoms with van der Waals surface area (Å²) in [5.74, 6) is 0.0781. The number of hydrogen-bond donors (Lipinski definition) is 1. The summed E-state index contributed by atoms with van der Waals surface area (Å²) in [5, 5.41) is 1.65. The number of benzene rings is 1. The fraction of sp³-hybridized carbons (Fsp3) is 0.632. The fourth-order valence-electron chi connectivity index (χ4n) is 3.41. The van der Waals surface area contributed by atoms with Crippen molar-refractivity contribution in [2.24, 2.45) is 5.92 Å². The second-order valence-corrected chi connectivity index (χ2v) is 6.65. The van der Waals surface area contributed by atoms with Gasteiger partial charge in [-0.25, -0.2) is 5.43 Å². The van der Waals surface area contributed by atoms with E-state index in [1.54, 1.807) is 5.17 Å². The van der Waals surface area contributed by atoms with Gasteiger partial charge in [-0.3, -0.25) is 9.63 Å². The molecule has 1 aromatic carbocycles. The number of hydrazine groups is 1. The summed E-state index contributed by atoms with van der Waals surface area (Å²) >= 11 is 0. The number of carbonyl (C=O) groups is 1. The summed E-state index contributed by atoms with van der Waals surface area (Å²) in [6.45, 7) is 2.54. The second kappa shape index (κ2) is 9.87. The minimum Gasteiger partial charge on any atom is -0.460 e. The Morgan fingerprint density at radius 3 is 2.76 bits per heavy atom. The second-order valence-electron chi connectivity index (χ2n) is 6.65. The lowest BCUT2D eigenvalue weighted by molar-refractivity contribution is -0.202. The van der Waals surface area contributed by atoms with E-state index in [1.165, 1.54) is 19.3 Å². The van der Waals surface area contributed by atoms with Crippen LogP contribution in [0.2, 0.25) is 0 Å². The smallest absolute Gasteiger partial charge is 0.325 e. The summed E-state index contributed by atoms with van der Waals surface area (Å²) in [6.07, 6.45) is 5.67. The Bertz CT molecular complexity index is 511. The topological polar surface area (TPSA) is 60.0 Å². The SMILES string of the molecule is O=C(OCc1ccccc1)[C@H](NN1CCOCCO1)C1CCCCC1. The highest BCUT2D eigenvalue weighted by atomic mass is 16.7. The van der Waals surface area contributed by atoms with Crippen molar-refractivity contribution in [3.05, 3.63) is 35.9 Å². The van der Waals surface area contributed by atoms with E-state index < -0.39 is 0 Å². The van der Waals surface area contributed by atoms with Gasteiger partial charge in [-0.2, -0.15) is 0 Å². The molecule has 0 bridgehead atoms. The Morgan fingerprint density at radius 1 is 1.16 bits per heavy atom. The zero-order valence-corrected chi connectivity index (χ0v) is 14.7. The van der Waals surface area contributed by atoms with Crippen molar-refractivity contribution in [2.45, 2.75) is 44.8 Å². The number of ether oxygens (including phenoxy) is 2. The van der Waals surface area contributed by atoms with Crippen molar-refractivity contribution in [2.75, 3.05) is 26.4 Å². The highest BCUT2D eigenvalue weighted by Crippen LogP contribution is 2.27. The van der Waals surface area contributed by atoms with Gasteiger partial charge in [-0.1, -0.05) is 49.6 Å². The van der Waals surface area contributed by atoms with Crippen LogP contribution in [0.5, 0.6) is 0 Å². The number of nitrogens with one attached hydrogen (secondary N) is 1. The molecule has 1 saturated carbocycles. The first-order valence-electron chi connectivity index (χ1n) is 9.28. The molecule has 138 valence electrons. The molecule has 2 aliphatic rings. The molecule has 1 aliphatic heterocycles. The quantitative estimate of drug-likeness (QED) is 0.797. The first kappa shape index (κ1) is 18.3. The molecule has 3 rings (SSSR count). The van der Waals surface area contributed by atoms with Crippen molar-refractivity contribution >= 4 is 5.97 Å². The highest BCUT2D eigenvalue weighted by Gasteiger charge is 2.32. The molecule has 1 heterocycles. The van der Waals surface area contributed by atoms with Crippen LogP contribution in [0.3, 0.4) is 0 Å². The molecule has 1 N–H and O–H groups in total. The molecule has 6 heteroatoms. The molecule has 1 aromatic rings. The van der Waals surface area contributed by atoms with Crippen LogP contribution < -0.4 is 5.43 Å². The summed E-state index contributed by atoms with van der Waals surface area (Å²) in [6, 6.07) is 9.41. The molecule has 0 aromatic heterocycles. The minimum absolute atomic E-state index is 0.204. The van der Waals surface area contributed by atoms with E-state index in [4.69, 9.17) is 14.3 Å². The van der Waals surface area contributed by atoms with Gasteiger partial charge in [0.05, 0.1) is 26.4 Å². The molecular formula is C19H28N2O4. The Morgan fingerprint density at radius 2 is 1.96 bits per heavy atom. The van der Waals surface area contributed by atoms with Gasteiger partial charge in [0.25, 0.3) is 0 Å². The number of rotatable bonds is 6. The molecule has 1 atom stereocenters. The molecule has 6 nitrogen and oxygen atoms in total. The van der Waals surface area contributed by atoms with Gasteiger partial charge in [0.2, 0.25) is 0 Å². The Labute approximate surface area is 149 Å². The highest BCUT2D eigenvalue weighted by molar-refractivity contribution is 5.76. The summed E-state index contributed by atoms with van der Waals surface area (Å²) < 4.78 is 11.0. The maximum atomic E-state index is 12.8. The lowest BCUT2D eigenvalue weighted by Gasteiger charge is -2.32. The predicted molar refractivity (Wildman–Crippen MR) is 93.2 cm³/mol. The minimum atomic E-state index is -0.373. The van der Waals surface area contributed by atoms with Gasteiger partial charge in [-0.15, -0.1) is 5.17 Å². The molecule has 25 heavy (non-hydrogen) atoms. The summed E-state index contributed by atoms with van der Waals surface area (Å²) in [5.41, 5.74) is 4.26. The van der Waals surface area contributed by atoms with E-state index in [0.29, 0.717) is 33.0 Å². The Kier molecular flexibility index (Phi) is 7.23. The van der Waals surface area contributed by atoms with Gasteiger partial charge < -0.3 is 9.47 Å². The third-order valence-corrected chi connectivity index (χ3v) is 4.80. The zero-order valence-electron chi connectivity index (χ0n) is 14.7.